The third kappa shape index (κ3) is 3.99. The maximum absolute atomic E-state index is 11.4. The smallest absolute Gasteiger partial charge is 0.241 e. The van der Waals surface area contributed by atoms with Gasteiger partial charge in [-0.1, -0.05) is 44.6 Å². The van der Waals surface area contributed by atoms with Crippen molar-refractivity contribution >= 4 is 5.91 Å². The van der Waals surface area contributed by atoms with Crippen molar-refractivity contribution in [2.45, 2.75) is 20.8 Å². The highest BCUT2D eigenvalue weighted by Gasteiger charge is 2.20. The van der Waals surface area contributed by atoms with Gasteiger partial charge in [-0.25, -0.2) is 0 Å². The quantitative estimate of drug-likeness (QED) is 0.742. The molecule has 0 aliphatic carbocycles. The molecule has 0 fully saturated rings. The molecule has 0 radical (unpaired) electrons. The number of amides is 1. The summed E-state index contributed by atoms with van der Waals surface area (Å²) in [6.45, 7) is 5.48. The Kier molecular flexibility index (Phi) is 3.68. The number of para-hydroxylation sites is 1. The minimum Gasteiger partial charge on any atom is -0.389 e. The van der Waals surface area contributed by atoms with E-state index in [4.69, 9.17) is 4.84 Å². The van der Waals surface area contributed by atoms with Crippen LogP contribution in [0.5, 0.6) is 5.75 Å². The summed E-state index contributed by atoms with van der Waals surface area (Å²) in [7, 11) is 0. The van der Waals surface area contributed by atoms with E-state index in [9.17, 15) is 4.79 Å². The van der Waals surface area contributed by atoms with Gasteiger partial charge in [0.15, 0.2) is 0 Å². The zero-order valence-corrected chi connectivity index (χ0v) is 9.20. The highest BCUT2D eigenvalue weighted by atomic mass is 16.7. The van der Waals surface area contributed by atoms with Crippen LogP contribution in [0, 0.1) is 5.41 Å². The van der Waals surface area contributed by atoms with Crippen molar-refractivity contribution in [2.24, 2.45) is 5.41 Å². The minimum absolute atomic E-state index is 0.126. The molecule has 0 spiro atoms. The Morgan fingerprint density at radius 2 is 1.80 bits per heavy atom. The largest absolute Gasteiger partial charge is 0.389 e. The molecule has 0 aliphatic heterocycles. The van der Waals surface area contributed by atoms with E-state index >= 15 is 0 Å². The molecule has 4 heteroatoms. The van der Waals surface area contributed by atoms with Crippen molar-refractivity contribution in [2.75, 3.05) is 0 Å². The second-order valence-corrected chi connectivity index (χ2v) is 4.22. The van der Waals surface area contributed by atoms with Gasteiger partial charge in [0.2, 0.25) is 5.91 Å². The summed E-state index contributed by atoms with van der Waals surface area (Å²) in [6, 6.07) is 9.16. The summed E-state index contributed by atoms with van der Waals surface area (Å²) in [6.07, 6.45) is 0. The molecule has 0 aliphatic rings. The molecule has 1 aromatic rings. The number of hydrogen-bond acceptors (Lipinski definition) is 3. The fourth-order valence-electron chi connectivity index (χ4n) is 0.807. The summed E-state index contributed by atoms with van der Waals surface area (Å²) in [5.41, 5.74) is 4.43. The van der Waals surface area contributed by atoms with Crippen molar-refractivity contribution in [3.63, 3.8) is 0 Å². The third-order valence-electron chi connectivity index (χ3n) is 1.76. The number of rotatable bonds is 3. The van der Waals surface area contributed by atoms with E-state index in [1.54, 1.807) is 12.1 Å². The molecule has 0 bridgehead atoms. The van der Waals surface area contributed by atoms with Gasteiger partial charge in [0, 0.05) is 5.41 Å². The van der Waals surface area contributed by atoms with E-state index in [0.717, 1.165) is 0 Å². The molecule has 4 nitrogen and oxygen atoms in total. The molecule has 2 N–H and O–H groups in total. The van der Waals surface area contributed by atoms with Crippen LogP contribution in [0.1, 0.15) is 20.8 Å². The first kappa shape index (κ1) is 11.5. The molecule has 0 atom stereocenters. The van der Waals surface area contributed by atoms with Crippen molar-refractivity contribution < 1.29 is 9.63 Å². The van der Waals surface area contributed by atoms with Gasteiger partial charge >= 0.3 is 0 Å². The van der Waals surface area contributed by atoms with Crippen LogP contribution >= 0.6 is 0 Å². The van der Waals surface area contributed by atoms with Gasteiger partial charge < -0.3 is 4.84 Å². The summed E-state index contributed by atoms with van der Waals surface area (Å²) in [5, 5.41) is 0. The first-order valence-corrected chi connectivity index (χ1v) is 4.77. The Morgan fingerprint density at radius 3 is 2.33 bits per heavy atom. The summed E-state index contributed by atoms with van der Waals surface area (Å²) in [4.78, 5) is 16.5. The standard InChI is InChI=1S/C11H16N2O2/c1-11(2,3)10(14)12-13-15-9-7-5-4-6-8-9/h4-8,13H,1-3H3,(H,12,14). The van der Waals surface area contributed by atoms with E-state index < -0.39 is 5.41 Å². The number of nitrogens with one attached hydrogen (secondary N) is 2. The summed E-state index contributed by atoms with van der Waals surface area (Å²) < 4.78 is 0. The molecule has 0 unspecified atom stereocenters. The van der Waals surface area contributed by atoms with E-state index in [-0.39, 0.29) is 5.91 Å². The Morgan fingerprint density at radius 1 is 1.20 bits per heavy atom. The Hall–Kier alpha value is -1.55. The average Bonchev–Trinajstić information content (AvgIpc) is 2.18. The topological polar surface area (TPSA) is 50.4 Å². The molecule has 0 saturated carbocycles. The lowest BCUT2D eigenvalue weighted by Gasteiger charge is -2.17. The van der Waals surface area contributed by atoms with Gasteiger partial charge in [-0.2, -0.15) is 0 Å². The number of hydrogen-bond donors (Lipinski definition) is 2. The number of benzene rings is 1. The molecule has 1 rings (SSSR count). The number of carbonyl (C=O) groups excluding carboxylic acids is 1. The number of carbonyl (C=O) groups is 1. The lowest BCUT2D eigenvalue weighted by atomic mass is 9.96. The maximum Gasteiger partial charge on any atom is 0.241 e. The third-order valence-corrected chi connectivity index (χ3v) is 1.76. The van der Waals surface area contributed by atoms with Crippen molar-refractivity contribution in [3.05, 3.63) is 30.3 Å². The predicted octanol–water partition coefficient (Wildman–Crippen LogP) is 1.65. The second kappa shape index (κ2) is 4.79. The van der Waals surface area contributed by atoms with Crippen LogP contribution in [0.15, 0.2) is 30.3 Å². The van der Waals surface area contributed by atoms with Gasteiger partial charge in [-0.15, -0.1) is 0 Å². The van der Waals surface area contributed by atoms with Gasteiger partial charge in [0.1, 0.15) is 5.75 Å². The summed E-state index contributed by atoms with van der Waals surface area (Å²) >= 11 is 0. The molecule has 15 heavy (non-hydrogen) atoms. The van der Waals surface area contributed by atoms with Crippen molar-refractivity contribution in [1.82, 2.24) is 11.0 Å². The van der Waals surface area contributed by atoms with Crippen LogP contribution in [-0.2, 0) is 4.79 Å². The first-order valence-electron chi connectivity index (χ1n) is 4.77. The van der Waals surface area contributed by atoms with Crippen molar-refractivity contribution in [1.29, 1.82) is 0 Å². The Labute approximate surface area is 89.6 Å². The molecule has 0 saturated heterocycles. The highest BCUT2D eigenvalue weighted by molar-refractivity contribution is 5.80. The normalized spacial score (nSPS) is 10.9. The van der Waals surface area contributed by atoms with Crippen LogP contribution in [0.2, 0.25) is 0 Å². The Bertz CT molecular complexity index is 317. The lowest BCUT2D eigenvalue weighted by Crippen LogP contribution is -2.45. The molecular formula is C11H16N2O2. The lowest BCUT2D eigenvalue weighted by molar-refractivity contribution is -0.132. The SMILES string of the molecule is CC(C)(C)C(=O)NNOc1ccccc1. The maximum atomic E-state index is 11.4. The van der Waals surface area contributed by atoms with Gasteiger partial charge in [-0.3, -0.25) is 10.2 Å². The zero-order valence-electron chi connectivity index (χ0n) is 9.20. The summed E-state index contributed by atoms with van der Waals surface area (Å²) in [5.74, 6) is 0.519. The molecule has 0 heterocycles. The van der Waals surface area contributed by atoms with Gasteiger partial charge in [-0.05, 0) is 12.1 Å². The van der Waals surface area contributed by atoms with Crippen molar-refractivity contribution in [3.8, 4) is 5.75 Å². The van der Waals surface area contributed by atoms with E-state index in [1.165, 1.54) is 0 Å². The zero-order chi connectivity index (χ0) is 11.3. The highest BCUT2D eigenvalue weighted by Crippen LogP contribution is 2.11. The molecule has 1 amide bonds. The van der Waals surface area contributed by atoms with E-state index in [0.29, 0.717) is 5.75 Å². The van der Waals surface area contributed by atoms with E-state index in [1.807, 2.05) is 39.0 Å². The fraction of sp³-hybridized carbons (Fsp3) is 0.364. The molecular weight excluding hydrogens is 192 g/mol. The Balaban J connectivity index is 2.32. The fourth-order valence-corrected chi connectivity index (χ4v) is 0.807. The minimum atomic E-state index is -0.437. The van der Waals surface area contributed by atoms with Gasteiger partial charge in [0.05, 0.1) is 0 Å². The molecule has 1 aromatic carbocycles. The second-order valence-electron chi connectivity index (χ2n) is 4.22. The van der Waals surface area contributed by atoms with Crippen LogP contribution in [0.25, 0.3) is 0 Å². The van der Waals surface area contributed by atoms with Crippen LogP contribution in [-0.4, -0.2) is 5.91 Å². The first-order chi connectivity index (χ1) is 7.00. The van der Waals surface area contributed by atoms with Crippen LogP contribution < -0.4 is 15.9 Å². The van der Waals surface area contributed by atoms with E-state index in [2.05, 4.69) is 11.0 Å². The monoisotopic (exact) mass is 208 g/mol. The average molecular weight is 208 g/mol. The molecule has 0 aromatic heterocycles. The van der Waals surface area contributed by atoms with Crippen LogP contribution in [0.4, 0.5) is 0 Å². The number of hydrazine groups is 1. The predicted molar refractivity (Wildman–Crippen MR) is 57.8 cm³/mol. The molecule has 82 valence electrons. The van der Waals surface area contributed by atoms with Gasteiger partial charge in [0.25, 0.3) is 0 Å². The van der Waals surface area contributed by atoms with Crippen LogP contribution in [0.3, 0.4) is 0 Å².